The van der Waals surface area contributed by atoms with Crippen molar-refractivity contribution in [1.82, 2.24) is 9.71 Å². The van der Waals surface area contributed by atoms with Gasteiger partial charge in [0.25, 0.3) is 5.16 Å². The maximum absolute atomic E-state index is 12.0. The molecule has 0 aliphatic carbocycles. The van der Waals surface area contributed by atoms with E-state index in [-0.39, 0.29) is 10.1 Å². The van der Waals surface area contributed by atoms with Gasteiger partial charge in [-0.2, -0.15) is 4.73 Å². The smallest absolute Gasteiger partial charge is 0.266 e. The van der Waals surface area contributed by atoms with Gasteiger partial charge in [0, 0.05) is 0 Å². The molecular weight excluding hydrogens is 228 g/mol. The Morgan fingerprint density at radius 1 is 1.25 bits per heavy atom. The second-order valence-corrected chi connectivity index (χ2v) is 5.15. The molecule has 0 aliphatic heterocycles. The van der Waals surface area contributed by atoms with E-state index in [0.717, 1.165) is 0 Å². The Kier molecular flexibility index (Phi) is 2.43. The van der Waals surface area contributed by atoms with Crippen molar-refractivity contribution >= 4 is 9.84 Å². The molecule has 2 rings (SSSR count). The minimum Gasteiger partial charge on any atom is -0.426 e. The highest BCUT2D eigenvalue weighted by molar-refractivity contribution is 7.91. The third-order valence-corrected chi connectivity index (χ3v) is 3.82. The Hall–Kier alpha value is -1.82. The number of hydrogen-bond acceptors (Lipinski definition) is 4. The van der Waals surface area contributed by atoms with Crippen LogP contribution in [0, 0.1) is 6.92 Å². The van der Waals surface area contributed by atoms with Crippen LogP contribution in [-0.4, -0.2) is 23.3 Å². The van der Waals surface area contributed by atoms with E-state index in [0.29, 0.717) is 10.4 Å². The highest BCUT2D eigenvalue weighted by atomic mass is 32.2. The third kappa shape index (κ3) is 1.57. The summed E-state index contributed by atoms with van der Waals surface area (Å²) in [4.78, 5) is 3.80. The number of hydrogen-bond donors (Lipinski definition) is 1. The average molecular weight is 238 g/mol. The van der Waals surface area contributed by atoms with Gasteiger partial charge in [0.1, 0.15) is 0 Å². The summed E-state index contributed by atoms with van der Waals surface area (Å²) in [6.07, 6.45) is 1.30. The first-order chi connectivity index (χ1) is 7.53. The number of sulfone groups is 1. The zero-order chi connectivity index (χ0) is 11.8. The van der Waals surface area contributed by atoms with Crippen molar-refractivity contribution in [3.8, 4) is 0 Å². The van der Waals surface area contributed by atoms with E-state index in [1.54, 1.807) is 25.1 Å². The Morgan fingerprint density at radius 3 is 2.38 bits per heavy atom. The predicted octanol–water partition coefficient (Wildman–Crippen LogP) is 1.26. The molecule has 16 heavy (non-hydrogen) atoms. The van der Waals surface area contributed by atoms with Gasteiger partial charge in [-0.1, -0.05) is 18.2 Å². The molecular formula is C10H10N2O3S. The molecule has 0 amide bonds. The van der Waals surface area contributed by atoms with E-state index >= 15 is 0 Å². The Bertz CT molecular complexity index is 602. The minimum absolute atomic E-state index is 0.107. The van der Waals surface area contributed by atoms with Crippen LogP contribution in [0.3, 0.4) is 0 Å². The van der Waals surface area contributed by atoms with Crippen LogP contribution in [0.5, 0.6) is 0 Å². The molecule has 0 saturated carbocycles. The molecule has 0 bridgehead atoms. The monoisotopic (exact) mass is 238 g/mol. The first-order valence-electron chi connectivity index (χ1n) is 4.57. The van der Waals surface area contributed by atoms with E-state index in [1.807, 2.05) is 0 Å². The van der Waals surface area contributed by atoms with Crippen LogP contribution < -0.4 is 0 Å². The van der Waals surface area contributed by atoms with Crippen molar-refractivity contribution in [2.24, 2.45) is 0 Å². The van der Waals surface area contributed by atoms with Crippen LogP contribution in [-0.2, 0) is 9.84 Å². The van der Waals surface area contributed by atoms with E-state index in [9.17, 15) is 13.6 Å². The van der Waals surface area contributed by atoms with Crippen LogP contribution in [0.2, 0.25) is 0 Å². The van der Waals surface area contributed by atoms with Crippen LogP contribution in [0.4, 0.5) is 0 Å². The van der Waals surface area contributed by atoms with E-state index in [4.69, 9.17) is 0 Å². The van der Waals surface area contributed by atoms with Crippen molar-refractivity contribution in [3.05, 3.63) is 42.2 Å². The van der Waals surface area contributed by atoms with Crippen LogP contribution >= 0.6 is 0 Å². The van der Waals surface area contributed by atoms with Gasteiger partial charge in [-0.05, 0) is 19.1 Å². The molecule has 84 valence electrons. The van der Waals surface area contributed by atoms with E-state index < -0.39 is 9.84 Å². The van der Waals surface area contributed by atoms with Crippen molar-refractivity contribution in [3.63, 3.8) is 0 Å². The van der Waals surface area contributed by atoms with Crippen LogP contribution in [0.15, 0.2) is 46.6 Å². The summed E-state index contributed by atoms with van der Waals surface area (Å²) in [6.45, 7) is 1.57. The molecule has 0 atom stereocenters. The number of aromatic nitrogens is 2. The molecule has 0 saturated heterocycles. The fraction of sp³-hybridized carbons (Fsp3) is 0.100. The van der Waals surface area contributed by atoms with Gasteiger partial charge in [-0.15, -0.1) is 0 Å². The molecule has 5 nitrogen and oxygen atoms in total. The molecule has 6 heteroatoms. The predicted molar refractivity (Wildman–Crippen MR) is 56.0 cm³/mol. The second-order valence-electron chi connectivity index (χ2n) is 3.31. The van der Waals surface area contributed by atoms with Gasteiger partial charge in [0.2, 0.25) is 9.84 Å². The fourth-order valence-corrected chi connectivity index (χ4v) is 2.59. The quantitative estimate of drug-likeness (QED) is 0.799. The number of nitrogens with zero attached hydrogens (tertiary/aromatic N) is 2. The van der Waals surface area contributed by atoms with Gasteiger partial charge < -0.3 is 5.21 Å². The third-order valence-electron chi connectivity index (χ3n) is 2.17. The molecule has 0 aliphatic rings. The lowest BCUT2D eigenvalue weighted by molar-refractivity contribution is 0.152. The highest BCUT2D eigenvalue weighted by Crippen LogP contribution is 2.18. The standard InChI is InChI=1S/C10H10N2O3S/c1-8-7-11-10(12(8)13)16(14,15)9-5-3-2-4-6-9/h2-7,13H,1H3. The Morgan fingerprint density at radius 2 is 1.88 bits per heavy atom. The number of aryl methyl sites for hydroxylation is 1. The van der Waals surface area contributed by atoms with Crippen molar-refractivity contribution in [1.29, 1.82) is 0 Å². The van der Waals surface area contributed by atoms with Gasteiger partial charge >= 0.3 is 0 Å². The lowest BCUT2D eigenvalue weighted by atomic mass is 10.4. The number of rotatable bonds is 2. The summed E-state index contributed by atoms with van der Waals surface area (Å²) in [5.41, 5.74) is 0.370. The van der Waals surface area contributed by atoms with E-state index in [1.165, 1.54) is 18.3 Å². The Balaban J connectivity index is 2.61. The van der Waals surface area contributed by atoms with Gasteiger partial charge in [-0.25, -0.2) is 13.4 Å². The largest absolute Gasteiger partial charge is 0.426 e. The summed E-state index contributed by atoms with van der Waals surface area (Å²) < 4.78 is 24.6. The summed E-state index contributed by atoms with van der Waals surface area (Å²) >= 11 is 0. The fourth-order valence-electron chi connectivity index (χ4n) is 1.30. The highest BCUT2D eigenvalue weighted by Gasteiger charge is 2.24. The maximum Gasteiger partial charge on any atom is 0.266 e. The van der Waals surface area contributed by atoms with Crippen LogP contribution in [0.1, 0.15) is 5.69 Å². The normalized spacial score (nSPS) is 11.6. The van der Waals surface area contributed by atoms with E-state index in [2.05, 4.69) is 4.98 Å². The van der Waals surface area contributed by atoms with Gasteiger partial charge in [0.05, 0.1) is 16.8 Å². The molecule has 0 unspecified atom stereocenters. The van der Waals surface area contributed by atoms with Crippen molar-refractivity contribution in [2.75, 3.05) is 0 Å². The SMILES string of the molecule is Cc1cnc(S(=O)(=O)c2ccccc2)n1O. The zero-order valence-corrected chi connectivity index (χ0v) is 9.35. The molecule has 0 radical (unpaired) electrons. The molecule has 1 aromatic heterocycles. The Labute approximate surface area is 92.9 Å². The molecule has 2 aromatic rings. The summed E-state index contributed by atoms with van der Waals surface area (Å²) in [7, 11) is -3.75. The van der Waals surface area contributed by atoms with Crippen molar-refractivity contribution < 1.29 is 13.6 Å². The van der Waals surface area contributed by atoms with Gasteiger partial charge in [-0.3, -0.25) is 0 Å². The van der Waals surface area contributed by atoms with Crippen LogP contribution in [0.25, 0.3) is 0 Å². The summed E-state index contributed by atoms with van der Waals surface area (Å²) in [5.74, 6) is 0. The number of benzene rings is 1. The summed E-state index contributed by atoms with van der Waals surface area (Å²) in [5, 5.41) is 9.14. The lowest BCUT2D eigenvalue weighted by Crippen LogP contribution is -2.10. The molecule has 0 fully saturated rings. The van der Waals surface area contributed by atoms with Crippen molar-refractivity contribution in [2.45, 2.75) is 17.0 Å². The van der Waals surface area contributed by atoms with Gasteiger partial charge in [0.15, 0.2) is 0 Å². The zero-order valence-electron chi connectivity index (χ0n) is 8.53. The second kappa shape index (κ2) is 3.64. The molecule has 1 aromatic carbocycles. The lowest BCUT2D eigenvalue weighted by Gasteiger charge is -2.03. The first kappa shape index (κ1) is 10.7. The summed E-state index contributed by atoms with van der Waals surface area (Å²) in [6, 6.07) is 7.86. The minimum atomic E-state index is -3.75. The molecule has 1 N–H and O–H groups in total. The average Bonchev–Trinajstić information content (AvgIpc) is 2.61. The molecule has 1 heterocycles. The molecule has 0 spiro atoms. The number of imidazole rings is 1. The first-order valence-corrected chi connectivity index (χ1v) is 6.05. The topological polar surface area (TPSA) is 72.2 Å². The maximum atomic E-state index is 12.0.